The number of aromatic nitrogens is 1. The van der Waals surface area contributed by atoms with Crippen LogP contribution in [-0.2, 0) is 6.54 Å². The van der Waals surface area contributed by atoms with Gasteiger partial charge >= 0.3 is 0 Å². The van der Waals surface area contributed by atoms with Crippen LogP contribution in [0, 0.1) is 5.41 Å². The fraction of sp³-hybridized carbons (Fsp3) is 0.583. The lowest BCUT2D eigenvalue weighted by Crippen LogP contribution is -2.36. The molecule has 2 N–H and O–H groups in total. The van der Waals surface area contributed by atoms with Gasteiger partial charge in [0.15, 0.2) is 0 Å². The van der Waals surface area contributed by atoms with Gasteiger partial charge in [0, 0.05) is 24.5 Å². The number of hydrogen-bond donors (Lipinski definition) is 1. The quantitative estimate of drug-likeness (QED) is 0.822. The minimum absolute atomic E-state index is 0.0592. The SMILES string of the molecule is CCC1(Cn2cc(N)ccc2=O)CCC1. The van der Waals surface area contributed by atoms with E-state index < -0.39 is 0 Å². The first kappa shape index (κ1) is 10.3. The summed E-state index contributed by atoms with van der Waals surface area (Å²) in [4.78, 5) is 11.6. The molecule has 0 atom stereocenters. The van der Waals surface area contributed by atoms with Crippen LogP contribution in [0.4, 0.5) is 5.69 Å². The summed E-state index contributed by atoms with van der Waals surface area (Å²) in [7, 11) is 0. The Kier molecular flexibility index (Phi) is 2.55. The third kappa shape index (κ3) is 1.91. The van der Waals surface area contributed by atoms with Gasteiger partial charge in [-0.2, -0.15) is 0 Å². The summed E-state index contributed by atoms with van der Waals surface area (Å²) in [6.07, 6.45) is 6.69. The zero-order valence-electron chi connectivity index (χ0n) is 9.20. The largest absolute Gasteiger partial charge is 0.398 e. The smallest absolute Gasteiger partial charge is 0.250 e. The average Bonchev–Trinajstić information content (AvgIpc) is 2.17. The Morgan fingerprint density at radius 3 is 2.73 bits per heavy atom. The van der Waals surface area contributed by atoms with E-state index in [1.807, 2.05) is 0 Å². The molecule has 0 unspecified atom stereocenters. The number of nitrogen functional groups attached to an aromatic ring is 1. The van der Waals surface area contributed by atoms with Gasteiger partial charge in [-0.3, -0.25) is 4.79 Å². The van der Waals surface area contributed by atoms with Crippen molar-refractivity contribution in [3.05, 3.63) is 28.7 Å². The number of pyridine rings is 1. The lowest BCUT2D eigenvalue weighted by atomic mass is 9.67. The van der Waals surface area contributed by atoms with Crippen LogP contribution in [0.2, 0.25) is 0 Å². The molecule has 0 radical (unpaired) electrons. The minimum Gasteiger partial charge on any atom is -0.398 e. The van der Waals surface area contributed by atoms with E-state index in [2.05, 4.69) is 6.92 Å². The highest BCUT2D eigenvalue weighted by atomic mass is 16.1. The summed E-state index contributed by atoms with van der Waals surface area (Å²) < 4.78 is 1.76. The Hall–Kier alpha value is -1.25. The van der Waals surface area contributed by atoms with Crippen LogP contribution < -0.4 is 11.3 Å². The van der Waals surface area contributed by atoms with Gasteiger partial charge in [-0.05, 0) is 30.7 Å². The first-order chi connectivity index (χ1) is 7.15. The number of hydrogen-bond acceptors (Lipinski definition) is 2. The second-order valence-electron chi connectivity index (χ2n) is 4.64. The van der Waals surface area contributed by atoms with E-state index in [9.17, 15) is 4.79 Å². The van der Waals surface area contributed by atoms with Crippen molar-refractivity contribution in [1.82, 2.24) is 4.57 Å². The van der Waals surface area contributed by atoms with Crippen LogP contribution in [0.25, 0.3) is 0 Å². The van der Waals surface area contributed by atoms with Gasteiger partial charge in [-0.25, -0.2) is 0 Å². The lowest BCUT2D eigenvalue weighted by Gasteiger charge is -2.41. The van der Waals surface area contributed by atoms with Gasteiger partial charge in [-0.1, -0.05) is 13.3 Å². The number of rotatable bonds is 3. The minimum atomic E-state index is 0.0592. The van der Waals surface area contributed by atoms with Gasteiger partial charge in [-0.15, -0.1) is 0 Å². The summed E-state index contributed by atoms with van der Waals surface area (Å²) in [5, 5.41) is 0. The van der Waals surface area contributed by atoms with Gasteiger partial charge in [0.2, 0.25) is 0 Å². The first-order valence-electron chi connectivity index (χ1n) is 5.61. The maximum Gasteiger partial charge on any atom is 0.250 e. The maximum absolute atomic E-state index is 11.6. The molecular formula is C12H18N2O. The first-order valence-corrected chi connectivity index (χ1v) is 5.61. The van der Waals surface area contributed by atoms with E-state index in [0.717, 1.165) is 13.0 Å². The molecule has 1 aliphatic carbocycles. The topological polar surface area (TPSA) is 48.0 Å². The van der Waals surface area contributed by atoms with E-state index in [-0.39, 0.29) is 5.56 Å². The van der Waals surface area contributed by atoms with Crippen LogP contribution >= 0.6 is 0 Å². The predicted octanol–water partition coefficient (Wildman–Crippen LogP) is 2.01. The molecule has 1 fully saturated rings. The van der Waals surface area contributed by atoms with Crippen LogP contribution in [0.15, 0.2) is 23.1 Å². The third-order valence-electron chi connectivity index (χ3n) is 3.68. The molecule has 1 heterocycles. The zero-order chi connectivity index (χ0) is 10.9. The monoisotopic (exact) mass is 206 g/mol. The van der Waals surface area contributed by atoms with Crippen LogP contribution in [-0.4, -0.2) is 4.57 Å². The molecule has 1 aromatic rings. The van der Waals surface area contributed by atoms with Crippen molar-refractivity contribution in [1.29, 1.82) is 0 Å². The summed E-state index contributed by atoms with van der Waals surface area (Å²) in [6.45, 7) is 3.03. The predicted molar refractivity (Wildman–Crippen MR) is 61.7 cm³/mol. The highest BCUT2D eigenvalue weighted by molar-refractivity contribution is 5.33. The Morgan fingerprint density at radius 2 is 2.20 bits per heavy atom. The molecule has 0 aromatic carbocycles. The van der Waals surface area contributed by atoms with Crippen molar-refractivity contribution in [3.63, 3.8) is 0 Å². The lowest BCUT2D eigenvalue weighted by molar-refractivity contribution is 0.0989. The van der Waals surface area contributed by atoms with Gasteiger partial charge < -0.3 is 10.3 Å². The molecule has 0 spiro atoms. The van der Waals surface area contributed by atoms with E-state index in [1.165, 1.54) is 19.3 Å². The molecule has 0 amide bonds. The molecule has 82 valence electrons. The molecule has 3 heteroatoms. The summed E-state index contributed by atoms with van der Waals surface area (Å²) in [5.41, 5.74) is 6.77. The number of nitrogens with zero attached hydrogens (tertiary/aromatic N) is 1. The molecule has 1 aliphatic rings. The van der Waals surface area contributed by atoms with E-state index in [1.54, 1.807) is 22.9 Å². The van der Waals surface area contributed by atoms with Crippen molar-refractivity contribution in [3.8, 4) is 0 Å². The van der Waals surface area contributed by atoms with Gasteiger partial charge in [0.05, 0.1) is 0 Å². The molecule has 0 bridgehead atoms. The standard InChI is InChI=1S/C12H18N2O/c1-2-12(6-3-7-12)9-14-8-10(13)4-5-11(14)15/h4-5,8H,2-3,6-7,9,13H2,1H3. The van der Waals surface area contributed by atoms with E-state index in [0.29, 0.717) is 11.1 Å². The van der Waals surface area contributed by atoms with Crippen LogP contribution in [0.1, 0.15) is 32.6 Å². The van der Waals surface area contributed by atoms with E-state index in [4.69, 9.17) is 5.73 Å². The molecule has 1 aromatic heterocycles. The highest BCUT2D eigenvalue weighted by Crippen LogP contribution is 2.44. The van der Waals surface area contributed by atoms with Crippen LogP contribution in [0.3, 0.4) is 0 Å². The average molecular weight is 206 g/mol. The molecule has 2 rings (SSSR count). The summed E-state index contributed by atoms with van der Waals surface area (Å²) in [5.74, 6) is 0. The maximum atomic E-state index is 11.6. The second-order valence-corrected chi connectivity index (χ2v) is 4.64. The second kappa shape index (κ2) is 3.72. The Bertz CT molecular complexity index is 399. The summed E-state index contributed by atoms with van der Waals surface area (Å²) >= 11 is 0. The Labute approximate surface area is 89.9 Å². The Balaban J connectivity index is 2.23. The number of nitrogens with two attached hydrogens (primary N) is 1. The van der Waals surface area contributed by atoms with Gasteiger partial charge in [0.1, 0.15) is 0 Å². The molecular weight excluding hydrogens is 188 g/mol. The fourth-order valence-corrected chi connectivity index (χ4v) is 2.34. The zero-order valence-corrected chi connectivity index (χ0v) is 9.20. The van der Waals surface area contributed by atoms with Crippen molar-refractivity contribution in [2.75, 3.05) is 5.73 Å². The van der Waals surface area contributed by atoms with Crippen molar-refractivity contribution in [2.45, 2.75) is 39.2 Å². The van der Waals surface area contributed by atoms with Crippen molar-refractivity contribution in [2.24, 2.45) is 5.41 Å². The van der Waals surface area contributed by atoms with Crippen molar-refractivity contribution >= 4 is 5.69 Å². The van der Waals surface area contributed by atoms with Gasteiger partial charge in [0.25, 0.3) is 5.56 Å². The van der Waals surface area contributed by atoms with Crippen molar-refractivity contribution < 1.29 is 0 Å². The highest BCUT2D eigenvalue weighted by Gasteiger charge is 2.35. The number of anilines is 1. The fourth-order valence-electron chi connectivity index (χ4n) is 2.34. The van der Waals surface area contributed by atoms with Crippen LogP contribution in [0.5, 0.6) is 0 Å². The third-order valence-corrected chi connectivity index (χ3v) is 3.68. The summed E-state index contributed by atoms with van der Waals surface area (Å²) in [6, 6.07) is 3.22. The normalized spacial score (nSPS) is 18.5. The Morgan fingerprint density at radius 1 is 1.47 bits per heavy atom. The molecule has 3 nitrogen and oxygen atoms in total. The molecule has 15 heavy (non-hydrogen) atoms. The molecule has 1 saturated carbocycles. The molecule has 0 saturated heterocycles. The molecule has 0 aliphatic heterocycles. The van der Waals surface area contributed by atoms with E-state index >= 15 is 0 Å².